The molecular weight excluding hydrogens is 324 g/mol. The molecule has 0 N–H and O–H groups in total. The highest BCUT2D eigenvalue weighted by Crippen LogP contribution is 2.30. The number of aromatic nitrogens is 6. The number of anilines is 2. The Morgan fingerprint density at radius 3 is 2.62 bits per heavy atom. The average molecular weight is 344 g/mol. The van der Waals surface area contributed by atoms with Crippen LogP contribution in [0.3, 0.4) is 0 Å². The monoisotopic (exact) mass is 344 g/mol. The molecule has 8 nitrogen and oxygen atoms in total. The van der Waals surface area contributed by atoms with Crippen LogP contribution in [-0.2, 0) is 0 Å². The Morgan fingerprint density at radius 2 is 1.96 bits per heavy atom. The molecule has 0 bridgehead atoms. The molecule has 0 atom stereocenters. The van der Waals surface area contributed by atoms with Gasteiger partial charge in [-0.3, -0.25) is 0 Å². The Balaban J connectivity index is 1.55. The third kappa shape index (κ3) is 2.68. The SMILES string of the molecule is Cc1nsc(N2CCC(c3nnc4ccc(N(C)C)nn34)CC2)n1. The second-order valence-electron chi connectivity index (χ2n) is 6.30. The number of piperidine rings is 1. The van der Waals surface area contributed by atoms with Crippen molar-refractivity contribution in [2.24, 2.45) is 0 Å². The second-order valence-corrected chi connectivity index (χ2v) is 7.03. The molecule has 24 heavy (non-hydrogen) atoms. The number of hydrogen-bond acceptors (Lipinski definition) is 8. The summed E-state index contributed by atoms with van der Waals surface area (Å²) in [4.78, 5) is 8.78. The summed E-state index contributed by atoms with van der Waals surface area (Å²) in [6.07, 6.45) is 2.04. The van der Waals surface area contributed by atoms with Crippen LogP contribution >= 0.6 is 11.5 Å². The Labute approximate surface area is 144 Å². The van der Waals surface area contributed by atoms with Gasteiger partial charge in [0.15, 0.2) is 11.5 Å². The summed E-state index contributed by atoms with van der Waals surface area (Å²) in [5.41, 5.74) is 0.803. The lowest BCUT2D eigenvalue weighted by Crippen LogP contribution is -2.33. The standard InChI is InChI=1S/C15H20N8S/c1-10-16-15(24-20-10)22-8-6-11(7-9-22)14-18-17-12-4-5-13(21(2)3)19-23(12)14/h4-5,11H,6-9H2,1-3H3. The summed E-state index contributed by atoms with van der Waals surface area (Å²) >= 11 is 1.48. The molecule has 1 fully saturated rings. The van der Waals surface area contributed by atoms with E-state index in [4.69, 9.17) is 0 Å². The van der Waals surface area contributed by atoms with E-state index >= 15 is 0 Å². The van der Waals surface area contributed by atoms with Crippen LogP contribution in [0.15, 0.2) is 12.1 Å². The van der Waals surface area contributed by atoms with Gasteiger partial charge in [-0.15, -0.1) is 15.3 Å². The molecule has 126 valence electrons. The van der Waals surface area contributed by atoms with Crippen molar-refractivity contribution >= 4 is 28.1 Å². The number of fused-ring (bicyclic) bond motifs is 1. The molecule has 1 saturated heterocycles. The zero-order valence-electron chi connectivity index (χ0n) is 14.0. The van der Waals surface area contributed by atoms with Gasteiger partial charge in [0.1, 0.15) is 11.6 Å². The van der Waals surface area contributed by atoms with E-state index in [0.717, 1.165) is 54.2 Å². The fourth-order valence-electron chi connectivity index (χ4n) is 3.03. The van der Waals surface area contributed by atoms with Gasteiger partial charge in [-0.25, -0.2) is 4.98 Å². The van der Waals surface area contributed by atoms with E-state index in [1.54, 1.807) is 0 Å². The number of rotatable bonds is 3. The summed E-state index contributed by atoms with van der Waals surface area (Å²) in [6.45, 7) is 3.85. The first-order valence-corrected chi connectivity index (χ1v) is 8.84. The van der Waals surface area contributed by atoms with E-state index in [0.29, 0.717) is 5.92 Å². The first-order chi connectivity index (χ1) is 11.6. The predicted molar refractivity (Wildman–Crippen MR) is 93.9 cm³/mol. The number of nitrogens with zero attached hydrogens (tertiary/aromatic N) is 8. The van der Waals surface area contributed by atoms with Crippen LogP contribution in [0.2, 0.25) is 0 Å². The van der Waals surface area contributed by atoms with Crippen LogP contribution in [0.4, 0.5) is 10.9 Å². The molecule has 0 unspecified atom stereocenters. The fraction of sp³-hybridized carbons (Fsp3) is 0.533. The Hall–Kier alpha value is -2.29. The topological polar surface area (TPSA) is 75.3 Å². The molecule has 0 radical (unpaired) electrons. The van der Waals surface area contributed by atoms with Crippen molar-refractivity contribution in [1.29, 1.82) is 0 Å². The Bertz CT molecular complexity index is 846. The molecule has 4 rings (SSSR count). The lowest BCUT2D eigenvalue weighted by atomic mass is 9.96. The quantitative estimate of drug-likeness (QED) is 0.716. The molecule has 0 spiro atoms. The smallest absolute Gasteiger partial charge is 0.205 e. The number of aryl methyl sites for hydroxylation is 1. The minimum atomic E-state index is 0.371. The van der Waals surface area contributed by atoms with E-state index < -0.39 is 0 Å². The maximum absolute atomic E-state index is 4.67. The van der Waals surface area contributed by atoms with E-state index in [1.165, 1.54) is 11.5 Å². The summed E-state index contributed by atoms with van der Waals surface area (Å²) < 4.78 is 6.17. The van der Waals surface area contributed by atoms with Gasteiger partial charge in [0.25, 0.3) is 0 Å². The zero-order chi connectivity index (χ0) is 16.7. The summed E-state index contributed by atoms with van der Waals surface area (Å²) in [5, 5.41) is 14.4. The summed E-state index contributed by atoms with van der Waals surface area (Å²) in [5.74, 6) is 3.09. The average Bonchev–Trinajstić information content (AvgIpc) is 3.20. The van der Waals surface area contributed by atoms with Crippen LogP contribution in [0.5, 0.6) is 0 Å². The molecule has 1 aliphatic heterocycles. The van der Waals surface area contributed by atoms with Gasteiger partial charge >= 0.3 is 0 Å². The van der Waals surface area contributed by atoms with Crippen LogP contribution < -0.4 is 9.80 Å². The van der Waals surface area contributed by atoms with Gasteiger partial charge < -0.3 is 9.80 Å². The first kappa shape index (κ1) is 15.3. The maximum Gasteiger partial charge on any atom is 0.205 e. The zero-order valence-corrected chi connectivity index (χ0v) is 14.9. The molecule has 9 heteroatoms. The van der Waals surface area contributed by atoms with Crippen LogP contribution in [0, 0.1) is 6.92 Å². The number of hydrogen-bond donors (Lipinski definition) is 0. The van der Waals surface area contributed by atoms with Crippen LogP contribution in [0.25, 0.3) is 5.65 Å². The molecule has 3 aromatic heterocycles. The van der Waals surface area contributed by atoms with Crippen molar-refractivity contribution in [2.75, 3.05) is 37.0 Å². The van der Waals surface area contributed by atoms with Crippen molar-refractivity contribution < 1.29 is 0 Å². The normalized spacial score (nSPS) is 16.0. The summed E-state index contributed by atoms with van der Waals surface area (Å²) in [6, 6.07) is 3.94. The third-order valence-corrected chi connectivity index (χ3v) is 5.25. The molecule has 0 saturated carbocycles. The van der Waals surface area contributed by atoms with E-state index in [1.807, 2.05) is 42.6 Å². The van der Waals surface area contributed by atoms with Crippen molar-refractivity contribution in [1.82, 2.24) is 29.2 Å². The van der Waals surface area contributed by atoms with Gasteiger partial charge in [0.2, 0.25) is 5.13 Å². The third-order valence-electron chi connectivity index (χ3n) is 4.38. The van der Waals surface area contributed by atoms with Crippen molar-refractivity contribution in [3.63, 3.8) is 0 Å². The molecule has 0 aromatic carbocycles. The predicted octanol–water partition coefficient (Wildman–Crippen LogP) is 1.73. The highest BCUT2D eigenvalue weighted by atomic mass is 32.1. The minimum Gasteiger partial charge on any atom is -0.361 e. The van der Waals surface area contributed by atoms with Gasteiger partial charge in [0, 0.05) is 44.6 Å². The molecule has 3 aromatic rings. The Kier molecular flexibility index (Phi) is 3.79. The van der Waals surface area contributed by atoms with Crippen LogP contribution in [-0.4, -0.2) is 56.4 Å². The van der Waals surface area contributed by atoms with E-state index in [-0.39, 0.29) is 0 Å². The van der Waals surface area contributed by atoms with Crippen LogP contribution in [0.1, 0.15) is 30.4 Å². The van der Waals surface area contributed by atoms with E-state index in [2.05, 4.69) is 29.6 Å². The Morgan fingerprint density at radius 1 is 1.17 bits per heavy atom. The summed E-state index contributed by atoms with van der Waals surface area (Å²) in [7, 11) is 3.97. The lowest BCUT2D eigenvalue weighted by Gasteiger charge is -2.30. The fourth-order valence-corrected chi connectivity index (χ4v) is 3.76. The highest BCUT2D eigenvalue weighted by Gasteiger charge is 2.26. The second kappa shape index (κ2) is 5.97. The van der Waals surface area contributed by atoms with Crippen molar-refractivity contribution in [3.8, 4) is 0 Å². The minimum absolute atomic E-state index is 0.371. The lowest BCUT2D eigenvalue weighted by molar-refractivity contribution is 0.477. The largest absolute Gasteiger partial charge is 0.361 e. The van der Waals surface area contributed by atoms with Crippen molar-refractivity contribution in [3.05, 3.63) is 23.8 Å². The molecule has 1 aliphatic rings. The van der Waals surface area contributed by atoms with Gasteiger partial charge in [-0.1, -0.05) is 0 Å². The first-order valence-electron chi connectivity index (χ1n) is 8.07. The van der Waals surface area contributed by atoms with Gasteiger partial charge in [-0.05, 0) is 31.9 Å². The molecular formula is C15H20N8S. The van der Waals surface area contributed by atoms with Gasteiger partial charge in [-0.2, -0.15) is 8.89 Å². The maximum atomic E-state index is 4.67. The molecule has 0 amide bonds. The van der Waals surface area contributed by atoms with E-state index in [9.17, 15) is 0 Å². The molecule has 4 heterocycles. The molecule has 0 aliphatic carbocycles. The van der Waals surface area contributed by atoms with Crippen molar-refractivity contribution in [2.45, 2.75) is 25.7 Å². The van der Waals surface area contributed by atoms with Gasteiger partial charge in [0.05, 0.1) is 0 Å². The highest BCUT2D eigenvalue weighted by molar-refractivity contribution is 7.09.